The Balaban J connectivity index is 1.63. The van der Waals surface area contributed by atoms with Gasteiger partial charge in [0.2, 0.25) is 0 Å². The average Bonchev–Trinajstić information content (AvgIpc) is 2.66. The van der Waals surface area contributed by atoms with Crippen molar-refractivity contribution in [1.82, 2.24) is 5.43 Å². The van der Waals surface area contributed by atoms with E-state index in [-0.39, 0.29) is 6.03 Å². The van der Waals surface area contributed by atoms with Crippen molar-refractivity contribution in [2.45, 2.75) is 9.79 Å². The van der Waals surface area contributed by atoms with Gasteiger partial charge < -0.3 is 0 Å². The fraction of sp³-hybridized carbons (Fsp3) is 0. The zero-order chi connectivity index (χ0) is 17.1. The molecule has 3 aromatic rings. The lowest BCUT2D eigenvalue weighted by Gasteiger charge is -2.30. The molecule has 1 heterocycles. The molecular weight excluding hydrogens is 330 g/mol. The van der Waals surface area contributed by atoms with E-state index >= 15 is 0 Å². The molecule has 0 spiro atoms. The number of rotatable bonds is 2. The molecule has 0 atom stereocenters. The van der Waals surface area contributed by atoms with E-state index in [4.69, 9.17) is 0 Å². The maximum atomic E-state index is 12.8. The predicted octanol–water partition coefficient (Wildman–Crippen LogP) is 5.03. The van der Waals surface area contributed by atoms with Crippen LogP contribution in [-0.4, -0.2) is 12.2 Å². The minimum Gasteiger partial charge on any atom is -0.259 e. The maximum absolute atomic E-state index is 12.8. The van der Waals surface area contributed by atoms with Gasteiger partial charge in [0.25, 0.3) is 0 Å². The molecule has 1 aliphatic rings. The van der Waals surface area contributed by atoms with E-state index in [0.717, 1.165) is 26.7 Å². The Morgan fingerprint density at radius 1 is 0.840 bits per heavy atom. The molecule has 0 aliphatic carbocycles. The number of urea groups is 1. The number of anilines is 2. The minimum absolute atomic E-state index is 0.285. The van der Waals surface area contributed by atoms with E-state index in [1.54, 1.807) is 22.9 Å². The van der Waals surface area contributed by atoms with Crippen LogP contribution in [0, 0.1) is 0 Å². The van der Waals surface area contributed by atoms with Crippen LogP contribution in [0.15, 0.2) is 93.8 Å². The SMILES string of the molecule is O=C(N/N=C/c1ccccc1)N1c2ccccc2Sc2ccccc21. The van der Waals surface area contributed by atoms with Gasteiger partial charge in [0, 0.05) is 9.79 Å². The molecule has 0 bridgehead atoms. The van der Waals surface area contributed by atoms with Gasteiger partial charge >= 0.3 is 6.03 Å². The smallest absolute Gasteiger partial charge is 0.259 e. The number of fused-ring (bicyclic) bond motifs is 2. The van der Waals surface area contributed by atoms with Gasteiger partial charge in [-0.1, -0.05) is 66.4 Å². The van der Waals surface area contributed by atoms with Crippen LogP contribution in [0.3, 0.4) is 0 Å². The van der Waals surface area contributed by atoms with Crippen LogP contribution in [0.5, 0.6) is 0 Å². The number of carbonyl (C=O) groups excluding carboxylic acids is 1. The summed E-state index contributed by atoms with van der Waals surface area (Å²) < 4.78 is 0. The second kappa shape index (κ2) is 6.83. The molecule has 1 aliphatic heterocycles. The highest BCUT2D eigenvalue weighted by molar-refractivity contribution is 7.99. The molecule has 1 N–H and O–H groups in total. The predicted molar refractivity (Wildman–Crippen MR) is 102 cm³/mol. The Morgan fingerprint density at radius 2 is 1.40 bits per heavy atom. The molecule has 0 radical (unpaired) electrons. The van der Waals surface area contributed by atoms with Crippen LogP contribution in [-0.2, 0) is 0 Å². The van der Waals surface area contributed by atoms with Crippen LogP contribution in [0.2, 0.25) is 0 Å². The monoisotopic (exact) mass is 345 g/mol. The van der Waals surface area contributed by atoms with Crippen molar-refractivity contribution < 1.29 is 4.79 Å². The zero-order valence-electron chi connectivity index (χ0n) is 13.3. The quantitative estimate of drug-likeness (QED) is 0.523. The highest BCUT2D eigenvalue weighted by atomic mass is 32.2. The Kier molecular flexibility index (Phi) is 4.23. The molecule has 4 rings (SSSR count). The van der Waals surface area contributed by atoms with Gasteiger partial charge in [-0.15, -0.1) is 0 Å². The number of benzene rings is 3. The summed E-state index contributed by atoms with van der Waals surface area (Å²) in [5.41, 5.74) is 5.28. The van der Waals surface area contributed by atoms with Crippen molar-refractivity contribution in [3.05, 3.63) is 84.4 Å². The van der Waals surface area contributed by atoms with Gasteiger partial charge in [0.05, 0.1) is 17.6 Å². The Bertz CT molecular complexity index is 895. The van der Waals surface area contributed by atoms with Gasteiger partial charge in [0.15, 0.2) is 0 Å². The molecule has 0 saturated carbocycles. The van der Waals surface area contributed by atoms with Crippen molar-refractivity contribution in [3.8, 4) is 0 Å². The highest BCUT2D eigenvalue weighted by Gasteiger charge is 2.27. The topological polar surface area (TPSA) is 44.7 Å². The molecular formula is C20H15N3OS. The van der Waals surface area contributed by atoms with E-state index < -0.39 is 0 Å². The summed E-state index contributed by atoms with van der Waals surface area (Å²) in [6, 6.07) is 25.1. The summed E-state index contributed by atoms with van der Waals surface area (Å²) in [7, 11) is 0. The number of nitrogens with one attached hydrogen (secondary N) is 1. The maximum Gasteiger partial charge on any atom is 0.346 e. The van der Waals surface area contributed by atoms with E-state index in [0.29, 0.717) is 0 Å². The van der Waals surface area contributed by atoms with E-state index in [9.17, 15) is 4.79 Å². The van der Waals surface area contributed by atoms with Crippen molar-refractivity contribution >= 4 is 35.4 Å². The van der Waals surface area contributed by atoms with E-state index in [1.165, 1.54) is 0 Å². The first-order valence-corrected chi connectivity index (χ1v) is 8.69. The van der Waals surface area contributed by atoms with Crippen molar-refractivity contribution in [1.29, 1.82) is 0 Å². The van der Waals surface area contributed by atoms with Crippen LogP contribution in [0.1, 0.15) is 5.56 Å². The lowest BCUT2D eigenvalue weighted by Crippen LogP contribution is -2.35. The third-order valence-electron chi connectivity index (χ3n) is 3.81. The molecule has 0 saturated heterocycles. The first kappa shape index (κ1) is 15.5. The average molecular weight is 345 g/mol. The number of hydrazone groups is 1. The zero-order valence-corrected chi connectivity index (χ0v) is 14.1. The van der Waals surface area contributed by atoms with Gasteiger partial charge in [-0.05, 0) is 29.8 Å². The summed E-state index contributed by atoms with van der Waals surface area (Å²) in [6.45, 7) is 0. The second-order valence-electron chi connectivity index (χ2n) is 5.46. The standard InChI is InChI=1S/C20H15N3OS/c24-20(22-21-14-15-8-2-1-3-9-15)23-16-10-4-6-12-18(16)25-19-13-7-5-11-17(19)23/h1-14H,(H,22,24)/b21-14+. The summed E-state index contributed by atoms with van der Waals surface area (Å²) in [5, 5.41) is 4.09. The molecule has 4 nitrogen and oxygen atoms in total. The molecule has 0 aromatic heterocycles. The summed E-state index contributed by atoms with van der Waals surface area (Å²) in [6.07, 6.45) is 1.63. The van der Waals surface area contributed by atoms with Crippen molar-refractivity contribution in [2.24, 2.45) is 5.10 Å². The Morgan fingerprint density at radius 3 is 2.04 bits per heavy atom. The third kappa shape index (κ3) is 3.14. The molecule has 3 aromatic carbocycles. The fourth-order valence-electron chi connectivity index (χ4n) is 2.67. The second-order valence-corrected chi connectivity index (χ2v) is 6.54. The summed E-state index contributed by atoms with van der Waals surface area (Å²) in [5.74, 6) is 0. The number of amides is 2. The summed E-state index contributed by atoms with van der Waals surface area (Å²) >= 11 is 1.66. The summed E-state index contributed by atoms with van der Waals surface area (Å²) in [4.78, 5) is 16.6. The molecule has 122 valence electrons. The molecule has 2 amide bonds. The van der Waals surface area contributed by atoms with Gasteiger partial charge in [-0.2, -0.15) is 5.10 Å². The minimum atomic E-state index is -0.285. The first-order chi connectivity index (χ1) is 12.3. The Hall–Kier alpha value is -3.05. The van der Waals surface area contributed by atoms with Gasteiger partial charge in [-0.25, -0.2) is 10.2 Å². The lowest BCUT2D eigenvalue weighted by atomic mass is 10.2. The molecule has 5 heteroatoms. The number of para-hydroxylation sites is 2. The molecule has 0 fully saturated rings. The fourth-order valence-corrected chi connectivity index (χ4v) is 3.73. The van der Waals surface area contributed by atoms with Crippen LogP contribution >= 0.6 is 11.8 Å². The van der Waals surface area contributed by atoms with Crippen LogP contribution < -0.4 is 10.3 Å². The van der Waals surface area contributed by atoms with Gasteiger partial charge in [0.1, 0.15) is 0 Å². The first-order valence-electron chi connectivity index (χ1n) is 7.87. The number of nitrogens with zero attached hydrogens (tertiary/aromatic N) is 2. The Labute approximate surface area is 150 Å². The number of hydrogen-bond acceptors (Lipinski definition) is 3. The largest absolute Gasteiger partial charge is 0.346 e. The number of hydrogen-bond donors (Lipinski definition) is 1. The normalized spacial score (nSPS) is 12.6. The van der Waals surface area contributed by atoms with Crippen LogP contribution in [0.4, 0.5) is 16.2 Å². The van der Waals surface area contributed by atoms with E-state index in [2.05, 4.69) is 10.5 Å². The van der Waals surface area contributed by atoms with E-state index in [1.807, 2.05) is 78.9 Å². The van der Waals surface area contributed by atoms with Crippen LogP contribution in [0.25, 0.3) is 0 Å². The van der Waals surface area contributed by atoms with Crippen molar-refractivity contribution in [3.63, 3.8) is 0 Å². The third-order valence-corrected chi connectivity index (χ3v) is 4.94. The lowest BCUT2D eigenvalue weighted by molar-refractivity contribution is 0.249. The van der Waals surface area contributed by atoms with Gasteiger partial charge in [-0.3, -0.25) is 4.90 Å². The highest BCUT2D eigenvalue weighted by Crippen LogP contribution is 2.47. The molecule has 25 heavy (non-hydrogen) atoms. The number of carbonyl (C=O) groups is 1. The molecule has 0 unspecified atom stereocenters. The van der Waals surface area contributed by atoms with Crippen molar-refractivity contribution in [2.75, 3.05) is 4.90 Å².